The van der Waals surface area contributed by atoms with Crippen molar-refractivity contribution in [1.82, 2.24) is 5.01 Å². The second kappa shape index (κ2) is 5.88. The van der Waals surface area contributed by atoms with Crippen LogP contribution in [0.3, 0.4) is 0 Å². The van der Waals surface area contributed by atoms with Crippen LogP contribution in [0.15, 0.2) is 23.6 Å². The molecule has 0 rings (SSSR count). The van der Waals surface area contributed by atoms with Crippen LogP contribution in [0.4, 0.5) is 4.39 Å². The number of rotatable bonds is 4. The summed E-state index contributed by atoms with van der Waals surface area (Å²) < 4.78 is 13.0. The first kappa shape index (κ1) is 11.3. The van der Waals surface area contributed by atoms with Gasteiger partial charge < -0.3 is 5.73 Å². The van der Waals surface area contributed by atoms with E-state index in [9.17, 15) is 4.39 Å². The van der Waals surface area contributed by atoms with E-state index in [4.69, 9.17) is 11.6 Å². The molecule has 0 amide bonds. The van der Waals surface area contributed by atoms with E-state index in [1.807, 2.05) is 0 Å². The molecule has 0 aromatic heterocycles. The number of halogens is 1. The van der Waals surface area contributed by atoms with Crippen LogP contribution >= 0.6 is 0 Å². The summed E-state index contributed by atoms with van der Waals surface area (Å²) in [6.45, 7) is 2.42. The van der Waals surface area contributed by atoms with Crippen molar-refractivity contribution in [2.24, 2.45) is 11.6 Å². The molecule has 4 N–H and O–H groups in total. The molecule has 0 aliphatic carbocycles. The smallest absolute Gasteiger partial charge is 0.123 e. The maximum Gasteiger partial charge on any atom is 0.123 e. The summed E-state index contributed by atoms with van der Waals surface area (Å²) in [7, 11) is 1.67. The van der Waals surface area contributed by atoms with Crippen LogP contribution in [-0.2, 0) is 0 Å². The maximum absolute atomic E-state index is 13.0. The third-order valence-electron chi connectivity index (χ3n) is 1.36. The van der Waals surface area contributed by atoms with E-state index in [0.29, 0.717) is 18.7 Å². The van der Waals surface area contributed by atoms with Gasteiger partial charge in [0.15, 0.2) is 0 Å². The predicted molar refractivity (Wildman–Crippen MR) is 48.8 cm³/mol. The zero-order chi connectivity index (χ0) is 9.56. The molecule has 0 saturated carbocycles. The lowest BCUT2D eigenvalue weighted by atomic mass is 10.2. The fraction of sp³-hybridized carbons (Fsp3) is 0.500. The molecule has 0 aliphatic heterocycles. The molecule has 0 spiro atoms. The molecule has 4 heteroatoms. The van der Waals surface area contributed by atoms with Gasteiger partial charge in [-0.2, -0.15) is 0 Å². The minimum atomic E-state index is -0.266. The van der Waals surface area contributed by atoms with Gasteiger partial charge in [-0.15, -0.1) is 0 Å². The highest BCUT2D eigenvalue weighted by atomic mass is 19.1. The summed E-state index contributed by atoms with van der Waals surface area (Å²) >= 11 is 0. The first-order valence-electron chi connectivity index (χ1n) is 3.76. The molecule has 0 aliphatic rings. The van der Waals surface area contributed by atoms with Gasteiger partial charge in [0, 0.05) is 20.1 Å². The molecule has 0 saturated heterocycles. The van der Waals surface area contributed by atoms with Crippen molar-refractivity contribution in [3.05, 3.63) is 23.6 Å². The Bertz CT molecular complexity index is 185. The van der Waals surface area contributed by atoms with E-state index in [-0.39, 0.29) is 5.83 Å². The van der Waals surface area contributed by atoms with Crippen LogP contribution in [0.1, 0.15) is 6.92 Å². The fourth-order valence-electron chi connectivity index (χ4n) is 0.659. The number of nitrogens with zero attached hydrogens (tertiary/aromatic N) is 1. The van der Waals surface area contributed by atoms with Crippen LogP contribution in [0.5, 0.6) is 0 Å². The molecule has 0 radical (unpaired) electrons. The highest BCUT2D eigenvalue weighted by molar-refractivity contribution is 5.23. The van der Waals surface area contributed by atoms with E-state index in [1.54, 1.807) is 20.0 Å². The molecule has 0 fully saturated rings. The highest BCUT2D eigenvalue weighted by Crippen LogP contribution is 2.09. The monoisotopic (exact) mass is 173 g/mol. The molecule has 0 heterocycles. The summed E-state index contributed by atoms with van der Waals surface area (Å²) in [5.41, 5.74) is 5.77. The number of nitrogens with two attached hydrogens (primary N) is 2. The van der Waals surface area contributed by atoms with Crippen molar-refractivity contribution in [2.75, 3.05) is 20.1 Å². The third-order valence-corrected chi connectivity index (χ3v) is 1.36. The average Bonchev–Trinajstić information content (AvgIpc) is 2.00. The predicted octanol–water partition coefficient (Wildman–Crippen LogP) is 0.550. The van der Waals surface area contributed by atoms with Gasteiger partial charge in [-0.3, -0.25) is 5.84 Å². The fourth-order valence-corrected chi connectivity index (χ4v) is 0.659. The molecule has 0 aromatic rings. The van der Waals surface area contributed by atoms with Gasteiger partial charge in [-0.25, -0.2) is 9.40 Å². The Hall–Kier alpha value is -0.710. The van der Waals surface area contributed by atoms with Crippen LogP contribution in [0, 0.1) is 0 Å². The van der Waals surface area contributed by atoms with Gasteiger partial charge in [0.25, 0.3) is 0 Å². The minimum absolute atomic E-state index is 0.266. The van der Waals surface area contributed by atoms with E-state index in [0.717, 1.165) is 0 Å². The zero-order valence-corrected chi connectivity index (χ0v) is 7.55. The Morgan fingerprint density at radius 3 is 2.50 bits per heavy atom. The van der Waals surface area contributed by atoms with E-state index in [2.05, 4.69) is 0 Å². The van der Waals surface area contributed by atoms with Crippen LogP contribution in [-0.4, -0.2) is 25.1 Å². The molecule has 0 atom stereocenters. The molecule has 0 unspecified atom stereocenters. The van der Waals surface area contributed by atoms with Gasteiger partial charge in [0.2, 0.25) is 0 Å². The quantitative estimate of drug-likeness (QED) is 0.371. The summed E-state index contributed by atoms with van der Waals surface area (Å²) in [5.74, 6) is 5.03. The molecule has 70 valence electrons. The lowest BCUT2D eigenvalue weighted by Crippen LogP contribution is -2.25. The normalized spacial score (nSPS) is 14.2. The lowest BCUT2D eigenvalue weighted by molar-refractivity contribution is 0.386. The van der Waals surface area contributed by atoms with Crippen molar-refractivity contribution in [3.63, 3.8) is 0 Å². The van der Waals surface area contributed by atoms with Crippen LogP contribution in [0.2, 0.25) is 0 Å². The van der Waals surface area contributed by atoms with Gasteiger partial charge in [-0.1, -0.05) is 6.08 Å². The Kier molecular flexibility index (Phi) is 5.53. The first-order valence-corrected chi connectivity index (χ1v) is 3.76. The van der Waals surface area contributed by atoms with Crippen LogP contribution < -0.4 is 11.6 Å². The second-order valence-corrected chi connectivity index (χ2v) is 2.61. The van der Waals surface area contributed by atoms with Gasteiger partial charge in [0.05, 0.1) is 0 Å². The number of hydrogen-bond acceptors (Lipinski definition) is 3. The lowest BCUT2D eigenvalue weighted by Gasteiger charge is -2.04. The Balaban J connectivity index is 4.08. The number of likely N-dealkylation sites (N-methyl/N-ethyl adjacent to an activating group) is 1. The zero-order valence-electron chi connectivity index (χ0n) is 7.55. The molecule has 0 bridgehead atoms. The Morgan fingerprint density at radius 1 is 1.50 bits per heavy atom. The largest absolute Gasteiger partial charge is 0.327 e. The number of hydrogen-bond donors (Lipinski definition) is 2. The molecule has 3 nitrogen and oxygen atoms in total. The molecule has 12 heavy (non-hydrogen) atoms. The summed E-state index contributed by atoms with van der Waals surface area (Å²) in [5, 5.41) is 1.40. The first-order chi connectivity index (χ1) is 5.57. The SMILES string of the molecule is CC(=C/CN)/C(F)=C\CN(C)N. The summed E-state index contributed by atoms with van der Waals surface area (Å²) in [6.07, 6.45) is 3.05. The highest BCUT2D eigenvalue weighted by Gasteiger charge is 1.96. The third kappa shape index (κ3) is 5.01. The summed E-state index contributed by atoms with van der Waals surface area (Å²) in [6, 6.07) is 0. The Labute approximate surface area is 72.5 Å². The second-order valence-electron chi connectivity index (χ2n) is 2.61. The number of allylic oxidation sites excluding steroid dienone is 2. The topological polar surface area (TPSA) is 55.3 Å². The van der Waals surface area contributed by atoms with Crippen molar-refractivity contribution >= 4 is 0 Å². The minimum Gasteiger partial charge on any atom is -0.327 e. The van der Waals surface area contributed by atoms with Crippen molar-refractivity contribution < 1.29 is 4.39 Å². The van der Waals surface area contributed by atoms with E-state index >= 15 is 0 Å². The van der Waals surface area contributed by atoms with Gasteiger partial charge in [-0.05, 0) is 18.6 Å². The van der Waals surface area contributed by atoms with Crippen molar-refractivity contribution in [1.29, 1.82) is 0 Å². The molecular weight excluding hydrogens is 157 g/mol. The van der Waals surface area contributed by atoms with Gasteiger partial charge in [0.1, 0.15) is 5.83 Å². The van der Waals surface area contributed by atoms with Gasteiger partial charge >= 0.3 is 0 Å². The Morgan fingerprint density at radius 2 is 2.08 bits per heavy atom. The molecule has 0 aromatic carbocycles. The van der Waals surface area contributed by atoms with Crippen LogP contribution in [0.25, 0.3) is 0 Å². The summed E-state index contributed by atoms with van der Waals surface area (Å²) in [4.78, 5) is 0. The van der Waals surface area contributed by atoms with E-state index in [1.165, 1.54) is 11.1 Å². The standard InChI is InChI=1S/C8H16FN3/c1-7(3-5-10)8(9)4-6-12(2)11/h3-4H,5-6,10-11H2,1-2H3/b7-3-,8-4+. The average molecular weight is 173 g/mol. The maximum atomic E-state index is 13.0. The number of hydrazine groups is 1. The molecular formula is C8H16FN3. The van der Waals surface area contributed by atoms with Crippen molar-refractivity contribution in [2.45, 2.75) is 6.92 Å². The van der Waals surface area contributed by atoms with E-state index < -0.39 is 0 Å². The van der Waals surface area contributed by atoms with Crippen molar-refractivity contribution in [3.8, 4) is 0 Å².